The van der Waals surface area contributed by atoms with E-state index in [2.05, 4.69) is 58.0 Å². The highest BCUT2D eigenvalue weighted by atomic mass is 32.2. The molecule has 4 heterocycles. The Hall–Kier alpha value is -8.55. The zero-order valence-electron chi connectivity index (χ0n) is 54.3. The predicted octanol–water partition coefficient (Wildman–Crippen LogP) is 0.479. The van der Waals surface area contributed by atoms with Crippen molar-refractivity contribution in [3.63, 3.8) is 0 Å². The molecule has 0 spiro atoms. The molecule has 13 atom stereocenters. The summed E-state index contributed by atoms with van der Waals surface area (Å²) < 4.78 is 30.9. The number of nitrogens with one attached hydrogen (secondary N) is 6. The molecular weight excluding hydrogens is 1310 g/mol. The Morgan fingerprint density at radius 2 is 1.45 bits per heavy atom. The second-order valence-corrected chi connectivity index (χ2v) is 24.5. The average Bonchev–Trinajstić information content (AvgIpc) is 1.63. The normalized spacial score (nSPS) is 23.7. The zero-order chi connectivity index (χ0) is 71.0. The molecule has 3 aromatic carbocycles. The number of methoxy groups -OCH3 is 1. The Bertz CT molecular complexity index is 3310. The summed E-state index contributed by atoms with van der Waals surface area (Å²) in [4.78, 5) is 121. The quantitative estimate of drug-likeness (QED) is 0.0116. The molecule has 4 aromatic rings. The minimum absolute atomic E-state index is 0.0379. The largest absolute Gasteiger partial charge is 0.504 e. The highest BCUT2D eigenvalue weighted by Gasteiger charge is 2.50. The highest BCUT2D eigenvalue weighted by Crippen LogP contribution is 2.32. The Labute approximate surface area is 568 Å². The molecule has 98 heavy (non-hydrogen) atoms. The van der Waals surface area contributed by atoms with Gasteiger partial charge in [-0.1, -0.05) is 84.4 Å². The number of rotatable bonds is 29. The van der Waals surface area contributed by atoms with Gasteiger partial charge in [-0.25, -0.2) is 10.1 Å². The molecule has 3 aliphatic heterocycles. The molecule has 1 aromatic heterocycles. The van der Waals surface area contributed by atoms with Crippen LogP contribution < -0.4 is 40.8 Å². The van der Waals surface area contributed by atoms with E-state index in [0.717, 1.165) is 67.6 Å². The number of unbranched alkanes of at least 4 members (excludes halogenated alkanes) is 6. The van der Waals surface area contributed by atoms with Gasteiger partial charge in [-0.3, -0.25) is 33.6 Å². The Kier molecular flexibility index (Phi) is 29.8. The number of aliphatic hydroxyl groups is 6. The lowest BCUT2D eigenvalue weighted by atomic mass is 9.98. The second-order valence-electron chi connectivity index (χ2n) is 24.0. The van der Waals surface area contributed by atoms with Crippen molar-refractivity contribution in [1.29, 1.82) is 0 Å². The predicted molar refractivity (Wildman–Crippen MR) is 345 cm³/mol. The fourth-order valence-electron chi connectivity index (χ4n) is 11.4. The van der Waals surface area contributed by atoms with Crippen LogP contribution >= 0.6 is 12.3 Å². The minimum atomic E-state index is -2.19. The van der Waals surface area contributed by atoms with E-state index in [9.17, 15) is 74.1 Å². The lowest BCUT2D eigenvalue weighted by molar-refractivity contribution is -0.433. The summed E-state index contributed by atoms with van der Waals surface area (Å²) in [5.41, 5.74) is 1.08. The van der Waals surface area contributed by atoms with Crippen LogP contribution in [-0.2, 0) is 54.0 Å². The molecule has 3 saturated heterocycles. The zero-order valence-corrected chi connectivity index (χ0v) is 55.1. The van der Waals surface area contributed by atoms with Crippen LogP contribution in [0.1, 0.15) is 94.0 Å². The number of ether oxygens (including phenoxy) is 3. The summed E-state index contributed by atoms with van der Waals surface area (Å²) in [6.45, 7) is 5.10. The summed E-state index contributed by atoms with van der Waals surface area (Å²) in [7, 11) is 1.71. The van der Waals surface area contributed by atoms with Crippen LogP contribution in [0.2, 0.25) is 0 Å². The van der Waals surface area contributed by atoms with E-state index in [0.29, 0.717) is 23.5 Å². The molecule has 0 bridgehead atoms. The van der Waals surface area contributed by atoms with Crippen LogP contribution in [-0.4, -0.2) is 234 Å². The van der Waals surface area contributed by atoms with Crippen molar-refractivity contribution in [2.45, 2.75) is 157 Å². The van der Waals surface area contributed by atoms with Gasteiger partial charge < -0.3 is 100 Å². The van der Waals surface area contributed by atoms with Gasteiger partial charge in [0, 0.05) is 81.8 Å². The third-order valence-corrected chi connectivity index (χ3v) is 17.0. The van der Waals surface area contributed by atoms with Gasteiger partial charge in [0.2, 0.25) is 41.3 Å². The molecule has 8 amide bonds. The van der Waals surface area contributed by atoms with Gasteiger partial charge in [0.15, 0.2) is 11.5 Å². The van der Waals surface area contributed by atoms with Crippen LogP contribution in [0.25, 0.3) is 22.8 Å². The van der Waals surface area contributed by atoms with Gasteiger partial charge in [-0.15, -0.1) is 0 Å². The molecule has 7 rings (SSSR count). The number of phenols is 1. The Balaban J connectivity index is 1.14. The first-order valence-electron chi connectivity index (χ1n) is 32.0. The van der Waals surface area contributed by atoms with Crippen LogP contribution in [0.15, 0.2) is 83.9 Å². The summed E-state index contributed by atoms with van der Waals surface area (Å²) in [5.74, 6) is -8.81. The molecule has 0 saturated carbocycles. The standard InChI is InChI=1S/C64H86N10O23S/c1-5-25-93-64(89)65-24-23-47(79)52-63(88)74-33-35(2)54(81)53(74)60(86)66-32-41(76)30-44(67-56(82)39-16-14-38(15-17-39)55-71-61(94-72-55)40-18-20-43(21-19-40)92-27-12-10-8-6-7-9-11-26-91-4)57(83)68-50(36(3)75)62(87)73-34-42(77)31-45(73)58(84)69-51(59(85)70-52)48(80)28-37-13-22-46(78)49(29-37)95-98-97-96-90/h5,13-22,29,35-36,41-42,44-45,47-48,50-54,75-81,90H,1,6-12,23-28,30-34H2,2-4H3,(H,65,89)(H,66,86)(H,67,82)(H,68,83)(H,69,84)(H,70,85)/t35-,36+,41+,42+,44+,45+,47-,48-,50+,51+,52+,53+,54+/m1/s1. The molecule has 14 N–H and O–H groups in total. The number of fused-ring (bicyclic) bond motifs is 2. The van der Waals surface area contributed by atoms with E-state index in [4.69, 9.17) is 28.2 Å². The number of aromatic hydroxyl groups is 1. The number of nitrogens with zero attached hydrogens (tertiary/aromatic N) is 4. The van der Waals surface area contributed by atoms with Gasteiger partial charge in [0.25, 0.3) is 24.1 Å². The summed E-state index contributed by atoms with van der Waals surface area (Å²) >= 11 is 0.0593. The van der Waals surface area contributed by atoms with Crippen molar-refractivity contribution in [1.82, 2.24) is 51.8 Å². The molecule has 0 radical (unpaired) electrons. The maximum Gasteiger partial charge on any atom is 0.407 e. The topological polar surface area (TPSA) is 471 Å². The number of amides is 8. The number of carbonyl (C=O) groups is 8. The van der Waals surface area contributed by atoms with E-state index < -0.39 is 177 Å². The monoisotopic (exact) mass is 1390 g/mol. The van der Waals surface area contributed by atoms with Gasteiger partial charge in [-0.05, 0) is 80.3 Å². The number of carbonyl (C=O) groups excluding carboxylic acids is 8. The maximum absolute atomic E-state index is 15.0. The molecular formula is C64H86N10O23S. The number of β-amino-alcohol motifs (C(OH)–C–C–N with tert-alkyl or cyclic N) is 1. The number of benzene rings is 3. The van der Waals surface area contributed by atoms with Crippen LogP contribution in [0.4, 0.5) is 4.79 Å². The number of alkyl carbamates (subject to hydrolysis) is 1. The molecule has 536 valence electrons. The second kappa shape index (κ2) is 38.0. The van der Waals surface area contributed by atoms with Crippen molar-refractivity contribution in [2.75, 3.05) is 53.1 Å². The molecule has 33 nitrogen and oxygen atoms in total. The smallest absolute Gasteiger partial charge is 0.407 e. The van der Waals surface area contributed by atoms with Crippen LogP contribution in [0.5, 0.6) is 17.2 Å². The van der Waals surface area contributed by atoms with Gasteiger partial charge in [0.05, 0.1) is 43.2 Å². The third kappa shape index (κ3) is 21.7. The minimum Gasteiger partial charge on any atom is -0.504 e. The lowest BCUT2D eigenvalue weighted by Gasteiger charge is -2.34. The lowest BCUT2D eigenvalue weighted by Crippen LogP contribution is -2.64. The number of phenolic OH excluding ortho intramolecular Hbond substituents is 1. The van der Waals surface area contributed by atoms with Crippen molar-refractivity contribution in [3.05, 3.63) is 90.5 Å². The fraction of sp³-hybridized carbons (Fsp3) is 0.531. The van der Waals surface area contributed by atoms with Crippen molar-refractivity contribution >= 4 is 59.8 Å². The van der Waals surface area contributed by atoms with Crippen LogP contribution in [0.3, 0.4) is 0 Å². The number of hydrogen-bond acceptors (Lipinski definition) is 26. The molecule has 34 heteroatoms. The van der Waals surface area contributed by atoms with Gasteiger partial charge >= 0.3 is 6.09 Å². The first-order chi connectivity index (χ1) is 47.0. The van der Waals surface area contributed by atoms with E-state index in [1.54, 1.807) is 31.4 Å². The van der Waals surface area contributed by atoms with E-state index >= 15 is 0 Å². The number of aliphatic hydroxyl groups excluding tert-OH is 6. The van der Waals surface area contributed by atoms with Crippen molar-refractivity contribution in [2.24, 2.45) is 5.92 Å². The number of aromatic nitrogens is 2. The van der Waals surface area contributed by atoms with E-state index in [-0.39, 0.29) is 54.1 Å². The van der Waals surface area contributed by atoms with E-state index in [1.807, 2.05) is 0 Å². The first kappa shape index (κ1) is 76.8. The molecule has 3 aliphatic rings. The first-order valence-corrected chi connectivity index (χ1v) is 32.7. The molecule has 3 fully saturated rings. The summed E-state index contributed by atoms with van der Waals surface area (Å²) in [6.07, 6.45) is -5.00. The Morgan fingerprint density at radius 1 is 0.786 bits per heavy atom. The fourth-order valence-corrected chi connectivity index (χ4v) is 11.6. The highest BCUT2D eigenvalue weighted by molar-refractivity contribution is 7.90. The third-order valence-electron chi connectivity index (χ3n) is 16.6. The summed E-state index contributed by atoms with van der Waals surface area (Å²) in [5, 5.41) is 110. The van der Waals surface area contributed by atoms with Crippen LogP contribution in [0, 0.1) is 5.92 Å². The average molecular weight is 1400 g/mol. The maximum atomic E-state index is 15.0. The summed E-state index contributed by atoms with van der Waals surface area (Å²) in [6, 6.07) is 4.84. The molecule has 0 unspecified atom stereocenters. The SMILES string of the molecule is C=CCOC(=O)NCC[C@@H](O)[C@@H]1NC(=O)[C@H]([C@H](O)Cc2ccc(O)c(OSOOO)c2)NC(=O)[C@@H]2C[C@H](O)CN2C(=O)[C@H]([C@H](C)O)NC(=O)[C@@H](NC(=O)c2ccc(-c3noc(-c4ccc(OCCCCCCCCCOC)cc4)n3)cc2)C[C@H](O)CNC(=O)[C@@H]2[C@@H](O)[C@H](C)CN2C1=O. The molecule has 0 aliphatic carbocycles. The Morgan fingerprint density at radius 3 is 2.13 bits per heavy atom. The van der Waals surface area contributed by atoms with Gasteiger partial charge in [-0.2, -0.15) is 4.98 Å². The van der Waals surface area contributed by atoms with Crippen molar-refractivity contribution < 1.29 is 112 Å². The van der Waals surface area contributed by atoms with Crippen molar-refractivity contribution in [3.8, 4) is 40.1 Å². The van der Waals surface area contributed by atoms with E-state index in [1.165, 1.54) is 56.2 Å². The number of hydrogen-bond donors (Lipinski definition) is 14. The van der Waals surface area contributed by atoms with Gasteiger partial charge in [0.1, 0.15) is 48.6 Å².